The topological polar surface area (TPSA) is 26.0 Å². The Labute approximate surface area is 109 Å². The van der Waals surface area contributed by atoms with E-state index >= 15 is 0 Å². The zero-order valence-electron chi connectivity index (χ0n) is 8.80. The molecular weight excluding hydrogens is 274 g/mol. The second-order valence-corrected chi connectivity index (χ2v) is 3.74. The first-order valence-electron chi connectivity index (χ1n) is 4.60. The van der Waals surface area contributed by atoms with E-state index in [4.69, 9.17) is 17.3 Å². The van der Waals surface area contributed by atoms with Crippen molar-refractivity contribution in [1.29, 1.82) is 0 Å². The van der Waals surface area contributed by atoms with Crippen LogP contribution in [0.1, 0.15) is 23.6 Å². The Morgan fingerprint density at radius 1 is 1.41 bits per heavy atom. The average Bonchev–Trinajstić information content (AvgIpc) is 2.16. The third-order valence-electron chi connectivity index (χ3n) is 2.15. The third-order valence-corrected chi connectivity index (χ3v) is 2.48. The van der Waals surface area contributed by atoms with E-state index in [1.54, 1.807) is 0 Å². The van der Waals surface area contributed by atoms with Crippen molar-refractivity contribution in [2.45, 2.75) is 18.6 Å². The monoisotopic (exact) mass is 285 g/mol. The van der Waals surface area contributed by atoms with Gasteiger partial charge in [0.2, 0.25) is 0 Å². The number of hydrogen-bond acceptors (Lipinski definition) is 1. The van der Waals surface area contributed by atoms with E-state index in [2.05, 4.69) is 6.58 Å². The number of nitrogens with two attached hydrogens (primary N) is 1. The number of halogens is 5. The number of hydrogen-bond donors (Lipinski definition) is 1. The van der Waals surface area contributed by atoms with Crippen molar-refractivity contribution in [3.63, 3.8) is 0 Å². The van der Waals surface area contributed by atoms with Gasteiger partial charge in [-0.05, 0) is 24.1 Å². The number of alkyl halides is 3. The van der Waals surface area contributed by atoms with Crippen LogP contribution in [0.15, 0.2) is 30.9 Å². The second kappa shape index (κ2) is 6.28. The lowest BCUT2D eigenvalue weighted by Gasteiger charge is -2.18. The molecule has 2 N–H and O–H groups in total. The summed E-state index contributed by atoms with van der Waals surface area (Å²) in [5, 5.41) is 0.0316. The van der Waals surface area contributed by atoms with Gasteiger partial charge < -0.3 is 5.73 Å². The van der Waals surface area contributed by atoms with E-state index in [0.29, 0.717) is 0 Å². The maximum absolute atomic E-state index is 12.7. The molecule has 0 bridgehead atoms. The van der Waals surface area contributed by atoms with Gasteiger partial charge in [0.25, 0.3) is 0 Å². The molecule has 0 unspecified atom stereocenters. The highest BCUT2D eigenvalue weighted by Gasteiger charge is 2.35. The van der Waals surface area contributed by atoms with Crippen LogP contribution in [0.25, 0.3) is 0 Å². The standard InChI is InChI=1S/C11H11ClF3N.ClH/c1-2-4-9(16)10-7(11(13,14)15)5-3-6-8(10)12;/h2-3,5-6,9H,1,4,16H2;1H/t9-;/m0./s1. The van der Waals surface area contributed by atoms with Gasteiger partial charge in [0.15, 0.2) is 0 Å². The summed E-state index contributed by atoms with van der Waals surface area (Å²) in [7, 11) is 0. The van der Waals surface area contributed by atoms with E-state index in [9.17, 15) is 13.2 Å². The summed E-state index contributed by atoms with van der Waals surface area (Å²) in [6.45, 7) is 3.44. The average molecular weight is 286 g/mol. The molecule has 0 radical (unpaired) electrons. The van der Waals surface area contributed by atoms with Crippen LogP contribution in [-0.4, -0.2) is 0 Å². The van der Waals surface area contributed by atoms with E-state index in [-0.39, 0.29) is 29.4 Å². The summed E-state index contributed by atoms with van der Waals surface area (Å²) in [4.78, 5) is 0. The van der Waals surface area contributed by atoms with Crippen molar-refractivity contribution >= 4 is 24.0 Å². The normalized spacial score (nSPS) is 12.8. The van der Waals surface area contributed by atoms with Crippen LogP contribution < -0.4 is 5.73 Å². The van der Waals surface area contributed by atoms with Gasteiger partial charge in [0.1, 0.15) is 0 Å². The Morgan fingerprint density at radius 2 is 2.00 bits per heavy atom. The molecule has 0 heterocycles. The van der Waals surface area contributed by atoms with Gasteiger partial charge in [-0.3, -0.25) is 0 Å². The van der Waals surface area contributed by atoms with Crippen molar-refractivity contribution in [2.75, 3.05) is 0 Å². The lowest BCUT2D eigenvalue weighted by atomic mass is 9.98. The summed E-state index contributed by atoms with van der Waals surface area (Å²) >= 11 is 5.75. The first kappa shape index (κ1) is 16.3. The van der Waals surface area contributed by atoms with E-state index in [1.807, 2.05) is 0 Å². The number of rotatable bonds is 3. The Bertz CT molecular complexity index is 391. The fourth-order valence-electron chi connectivity index (χ4n) is 1.46. The minimum atomic E-state index is -4.45. The molecule has 0 spiro atoms. The van der Waals surface area contributed by atoms with Gasteiger partial charge in [-0.1, -0.05) is 23.7 Å². The molecule has 0 aliphatic rings. The maximum Gasteiger partial charge on any atom is 0.416 e. The number of benzene rings is 1. The quantitative estimate of drug-likeness (QED) is 0.821. The van der Waals surface area contributed by atoms with E-state index < -0.39 is 17.8 Å². The van der Waals surface area contributed by atoms with Crippen molar-refractivity contribution < 1.29 is 13.2 Å². The molecule has 1 nitrogen and oxygen atoms in total. The summed E-state index contributed by atoms with van der Waals surface area (Å²) in [5.74, 6) is 0. The molecule has 17 heavy (non-hydrogen) atoms. The molecule has 0 amide bonds. The first-order chi connectivity index (χ1) is 7.38. The molecule has 0 saturated heterocycles. The first-order valence-corrected chi connectivity index (χ1v) is 4.97. The van der Waals surface area contributed by atoms with Crippen LogP contribution in [0, 0.1) is 0 Å². The largest absolute Gasteiger partial charge is 0.416 e. The van der Waals surface area contributed by atoms with E-state index in [1.165, 1.54) is 18.2 Å². The Kier molecular flexibility index (Phi) is 6.02. The van der Waals surface area contributed by atoms with Gasteiger partial charge >= 0.3 is 6.18 Å². The van der Waals surface area contributed by atoms with Crippen molar-refractivity contribution in [3.8, 4) is 0 Å². The predicted molar refractivity (Wildman–Crippen MR) is 65.4 cm³/mol. The van der Waals surface area contributed by atoms with Crippen LogP contribution in [0.2, 0.25) is 5.02 Å². The van der Waals surface area contributed by atoms with Gasteiger partial charge in [-0.15, -0.1) is 19.0 Å². The molecule has 1 rings (SSSR count). The lowest BCUT2D eigenvalue weighted by Crippen LogP contribution is -2.17. The summed E-state index contributed by atoms with van der Waals surface area (Å²) in [6, 6.07) is 2.84. The van der Waals surface area contributed by atoms with Crippen LogP contribution in [-0.2, 0) is 6.18 Å². The van der Waals surface area contributed by atoms with Crippen LogP contribution in [0.3, 0.4) is 0 Å². The van der Waals surface area contributed by atoms with Crippen LogP contribution >= 0.6 is 24.0 Å². The fourth-order valence-corrected chi connectivity index (χ4v) is 1.77. The minimum Gasteiger partial charge on any atom is -0.324 e. The summed E-state index contributed by atoms with van der Waals surface area (Å²) in [6.07, 6.45) is -2.74. The zero-order chi connectivity index (χ0) is 12.3. The van der Waals surface area contributed by atoms with E-state index in [0.717, 1.165) is 6.07 Å². The highest BCUT2D eigenvalue weighted by Crippen LogP contribution is 2.38. The molecule has 0 aromatic heterocycles. The molecule has 1 aromatic rings. The van der Waals surface area contributed by atoms with Crippen molar-refractivity contribution in [2.24, 2.45) is 5.73 Å². The smallest absolute Gasteiger partial charge is 0.324 e. The molecule has 6 heteroatoms. The molecule has 96 valence electrons. The second-order valence-electron chi connectivity index (χ2n) is 3.33. The fraction of sp³-hybridized carbons (Fsp3) is 0.273. The Balaban J connectivity index is 0.00000256. The molecular formula is C11H12Cl2F3N. The maximum atomic E-state index is 12.7. The predicted octanol–water partition coefficient (Wildman–Crippen LogP) is 4.36. The minimum absolute atomic E-state index is 0. The molecule has 1 aromatic carbocycles. The van der Waals surface area contributed by atoms with Gasteiger partial charge in [-0.2, -0.15) is 13.2 Å². The molecule has 0 aliphatic heterocycles. The SMILES string of the molecule is C=CC[C@H](N)c1c(Cl)cccc1C(F)(F)F.Cl. The Morgan fingerprint density at radius 3 is 2.47 bits per heavy atom. The highest BCUT2D eigenvalue weighted by atomic mass is 35.5. The van der Waals surface area contributed by atoms with Crippen LogP contribution in [0.4, 0.5) is 13.2 Å². The third kappa shape index (κ3) is 3.91. The lowest BCUT2D eigenvalue weighted by molar-refractivity contribution is -0.138. The van der Waals surface area contributed by atoms with Gasteiger partial charge in [0.05, 0.1) is 5.56 Å². The molecule has 0 aliphatic carbocycles. The molecule has 0 fully saturated rings. The van der Waals surface area contributed by atoms with Crippen molar-refractivity contribution in [3.05, 3.63) is 47.0 Å². The van der Waals surface area contributed by atoms with Gasteiger partial charge in [-0.25, -0.2) is 0 Å². The van der Waals surface area contributed by atoms with Crippen LogP contribution in [0.5, 0.6) is 0 Å². The molecule has 0 saturated carbocycles. The van der Waals surface area contributed by atoms with Crippen molar-refractivity contribution in [1.82, 2.24) is 0 Å². The summed E-state index contributed by atoms with van der Waals surface area (Å²) in [5.41, 5.74) is 4.79. The Hall–Kier alpha value is -0.710. The highest BCUT2D eigenvalue weighted by molar-refractivity contribution is 6.31. The zero-order valence-corrected chi connectivity index (χ0v) is 10.4. The van der Waals surface area contributed by atoms with Gasteiger partial charge in [0, 0.05) is 11.1 Å². The summed E-state index contributed by atoms with van der Waals surface area (Å²) < 4.78 is 38.1. The molecule has 1 atom stereocenters.